The number of carbonyl (C=O) groups is 2. The Labute approximate surface area is 90.2 Å². The molecule has 0 aliphatic heterocycles. The number of aliphatic hydroxyl groups is 1. The molecule has 0 aromatic rings. The first-order valence-corrected chi connectivity index (χ1v) is 5.24. The summed E-state index contributed by atoms with van der Waals surface area (Å²) in [5, 5.41) is 13.4. The van der Waals surface area contributed by atoms with Crippen LogP contribution in [0.5, 0.6) is 0 Å². The molecule has 0 fully saturated rings. The molecule has 0 rings (SSSR count). The highest BCUT2D eigenvalue weighted by atomic mass is 16.3. The number of rotatable bonds is 6. The highest BCUT2D eigenvalue weighted by molar-refractivity contribution is 6.35. The molecule has 0 spiro atoms. The van der Waals surface area contributed by atoms with Crippen LogP contribution >= 0.6 is 0 Å². The van der Waals surface area contributed by atoms with Crippen molar-refractivity contribution in [2.24, 2.45) is 5.92 Å². The summed E-state index contributed by atoms with van der Waals surface area (Å²) in [6.07, 6.45) is 1.32. The third kappa shape index (κ3) is 7.93. The van der Waals surface area contributed by atoms with E-state index in [1.807, 2.05) is 13.8 Å². The molecule has 0 aromatic heterocycles. The lowest BCUT2D eigenvalue weighted by atomic mass is 10.1. The minimum absolute atomic E-state index is 0.00918. The number of aliphatic hydroxyl groups excluding tert-OH is 1. The van der Waals surface area contributed by atoms with Gasteiger partial charge >= 0.3 is 11.8 Å². The lowest BCUT2D eigenvalue weighted by Gasteiger charge is -2.07. The van der Waals surface area contributed by atoms with Crippen molar-refractivity contribution in [2.75, 3.05) is 19.7 Å². The van der Waals surface area contributed by atoms with Crippen LogP contribution in [-0.2, 0) is 9.59 Å². The van der Waals surface area contributed by atoms with Crippen molar-refractivity contribution >= 4 is 11.8 Å². The summed E-state index contributed by atoms with van der Waals surface area (Å²) in [6.45, 7) is 4.95. The van der Waals surface area contributed by atoms with E-state index in [2.05, 4.69) is 10.6 Å². The SMILES string of the molecule is CC(C)CCNC(=O)C(=O)NCCCO. The maximum absolute atomic E-state index is 11.1. The van der Waals surface area contributed by atoms with Crippen LogP contribution in [0.25, 0.3) is 0 Å². The number of hydrogen-bond donors (Lipinski definition) is 3. The van der Waals surface area contributed by atoms with Crippen LogP contribution in [0.3, 0.4) is 0 Å². The zero-order valence-corrected chi connectivity index (χ0v) is 9.38. The number of hydrogen-bond acceptors (Lipinski definition) is 3. The first-order valence-electron chi connectivity index (χ1n) is 5.24. The Morgan fingerprint density at radius 1 is 1.13 bits per heavy atom. The van der Waals surface area contributed by atoms with Gasteiger partial charge < -0.3 is 15.7 Å². The van der Waals surface area contributed by atoms with Gasteiger partial charge in [-0.25, -0.2) is 0 Å². The highest BCUT2D eigenvalue weighted by Gasteiger charge is 2.11. The van der Waals surface area contributed by atoms with Crippen LogP contribution in [0.15, 0.2) is 0 Å². The summed E-state index contributed by atoms with van der Waals surface area (Å²) in [6, 6.07) is 0. The molecule has 0 atom stereocenters. The average molecular weight is 216 g/mol. The summed E-state index contributed by atoms with van der Waals surface area (Å²) in [7, 11) is 0. The fourth-order valence-corrected chi connectivity index (χ4v) is 0.916. The van der Waals surface area contributed by atoms with Crippen molar-refractivity contribution in [1.29, 1.82) is 0 Å². The van der Waals surface area contributed by atoms with Gasteiger partial charge in [0, 0.05) is 19.7 Å². The second-order valence-corrected chi connectivity index (χ2v) is 3.77. The molecule has 0 radical (unpaired) electrons. The van der Waals surface area contributed by atoms with Gasteiger partial charge in [-0.1, -0.05) is 13.8 Å². The Hall–Kier alpha value is -1.10. The summed E-state index contributed by atoms with van der Waals surface area (Å²) < 4.78 is 0. The monoisotopic (exact) mass is 216 g/mol. The first-order chi connectivity index (χ1) is 7.07. The summed E-state index contributed by atoms with van der Waals surface area (Å²) in [5.74, 6) is -0.733. The molecule has 2 amide bonds. The van der Waals surface area contributed by atoms with E-state index >= 15 is 0 Å². The van der Waals surface area contributed by atoms with Crippen molar-refractivity contribution in [3.63, 3.8) is 0 Å². The van der Waals surface area contributed by atoms with E-state index in [1.54, 1.807) is 0 Å². The normalized spacial score (nSPS) is 10.1. The lowest BCUT2D eigenvalue weighted by molar-refractivity contribution is -0.139. The van der Waals surface area contributed by atoms with E-state index in [1.165, 1.54) is 0 Å². The Balaban J connectivity index is 3.56. The van der Waals surface area contributed by atoms with Gasteiger partial charge in [0.1, 0.15) is 0 Å². The van der Waals surface area contributed by atoms with E-state index < -0.39 is 11.8 Å². The maximum Gasteiger partial charge on any atom is 0.309 e. The first kappa shape index (κ1) is 13.9. The van der Waals surface area contributed by atoms with Crippen LogP contribution in [-0.4, -0.2) is 36.6 Å². The minimum Gasteiger partial charge on any atom is -0.396 e. The van der Waals surface area contributed by atoms with Gasteiger partial charge in [0.2, 0.25) is 0 Å². The van der Waals surface area contributed by atoms with Gasteiger partial charge in [0.25, 0.3) is 0 Å². The fourth-order valence-electron chi connectivity index (χ4n) is 0.916. The van der Waals surface area contributed by atoms with E-state index in [0.717, 1.165) is 6.42 Å². The van der Waals surface area contributed by atoms with Gasteiger partial charge in [-0.2, -0.15) is 0 Å². The number of nitrogens with one attached hydrogen (secondary N) is 2. The zero-order chi connectivity index (χ0) is 11.7. The van der Waals surface area contributed by atoms with Crippen LogP contribution in [0.1, 0.15) is 26.7 Å². The predicted octanol–water partition coefficient (Wildman–Crippen LogP) is -0.353. The summed E-state index contributed by atoms with van der Waals surface area (Å²) in [4.78, 5) is 22.2. The van der Waals surface area contributed by atoms with Crippen LogP contribution in [0, 0.1) is 5.92 Å². The van der Waals surface area contributed by atoms with Gasteiger partial charge in [0.15, 0.2) is 0 Å². The molecule has 0 saturated heterocycles. The molecule has 5 heteroatoms. The Kier molecular flexibility index (Phi) is 7.62. The van der Waals surface area contributed by atoms with Crippen LogP contribution in [0.2, 0.25) is 0 Å². The van der Waals surface area contributed by atoms with Crippen LogP contribution < -0.4 is 10.6 Å². The molecule has 0 heterocycles. The molecule has 0 aromatic carbocycles. The molecule has 0 aliphatic rings. The van der Waals surface area contributed by atoms with Gasteiger partial charge in [0.05, 0.1) is 0 Å². The van der Waals surface area contributed by atoms with Crippen molar-refractivity contribution in [3.8, 4) is 0 Å². The summed E-state index contributed by atoms with van der Waals surface area (Å²) in [5.41, 5.74) is 0. The van der Waals surface area contributed by atoms with E-state index in [-0.39, 0.29) is 6.61 Å². The smallest absolute Gasteiger partial charge is 0.309 e. The van der Waals surface area contributed by atoms with Crippen molar-refractivity contribution in [1.82, 2.24) is 10.6 Å². The van der Waals surface area contributed by atoms with Crippen molar-refractivity contribution < 1.29 is 14.7 Å². The van der Waals surface area contributed by atoms with E-state index in [9.17, 15) is 9.59 Å². The largest absolute Gasteiger partial charge is 0.396 e. The molecule has 0 saturated carbocycles. The molecule has 5 nitrogen and oxygen atoms in total. The molecule has 15 heavy (non-hydrogen) atoms. The van der Waals surface area contributed by atoms with E-state index in [0.29, 0.717) is 25.4 Å². The Bertz CT molecular complexity index is 205. The number of carbonyl (C=O) groups excluding carboxylic acids is 2. The van der Waals surface area contributed by atoms with Gasteiger partial charge in [-0.05, 0) is 18.8 Å². The Morgan fingerprint density at radius 2 is 1.67 bits per heavy atom. The second-order valence-electron chi connectivity index (χ2n) is 3.77. The second kappa shape index (κ2) is 8.23. The molecular formula is C10H20N2O3. The molecule has 3 N–H and O–H groups in total. The predicted molar refractivity (Wildman–Crippen MR) is 57.2 cm³/mol. The molecular weight excluding hydrogens is 196 g/mol. The molecule has 0 unspecified atom stereocenters. The van der Waals surface area contributed by atoms with Gasteiger partial charge in [-0.15, -0.1) is 0 Å². The third-order valence-electron chi connectivity index (χ3n) is 1.83. The van der Waals surface area contributed by atoms with Crippen molar-refractivity contribution in [2.45, 2.75) is 26.7 Å². The fraction of sp³-hybridized carbons (Fsp3) is 0.800. The number of amides is 2. The highest BCUT2D eigenvalue weighted by Crippen LogP contribution is 1.95. The van der Waals surface area contributed by atoms with Gasteiger partial charge in [-0.3, -0.25) is 9.59 Å². The molecule has 0 bridgehead atoms. The van der Waals surface area contributed by atoms with E-state index in [4.69, 9.17) is 5.11 Å². The third-order valence-corrected chi connectivity index (χ3v) is 1.83. The average Bonchev–Trinajstić information content (AvgIpc) is 2.17. The molecule has 88 valence electrons. The lowest BCUT2D eigenvalue weighted by Crippen LogP contribution is -2.40. The Morgan fingerprint density at radius 3 is 2.13 bits per heavy atom. The topological polar surface area (TPSA) is 78.4 Å². The van der Waals surface area contributed by atoms with Crippen molar-refractivity contribution in [3.05, 3.63) is 0 Å². The maximum atomic E-state index is 11.1. The molecule has 0 aliphatic carbocycles. The minimum atomic E-state index is -0.632. The standard InChI is InChI=1S/C10H20N2O3/c1-8(2)4-6-12-10(15)9(14)11-5-3-7-13/h8,13H,3-7H2,1-2H3,(H,11,14)(H,12,15). The quantitative estimate of drug-likeness (QED) is 0.419. The zero-order valence-electron chi connectivity index (χ0n) is 9.38. The summed E-state index contributed by atoms with van der Waals surface area (Å²) >= 11 is 0. The van der Waals surface area contributed by atoms with Crippen LogP contribution in [0.4, 0.5) is 0 Å².